The van der Waals surface area contributed by atoms with E-state index in [2.05, 4.69) is 24.4 Å². The van der Waals surface area contributed by atoms with E-state index in [0.29, 0.717) is 47.1 Å². The number of anilines is 1. The van der Waals surface area contributed by atoms with Crippen LogP contribution in [0.3, 0.4) is 0 Å². The summed E-state index contributed by atoms with van der Waals surface area (Å²) in [6.45, 7) is 0.471. The smallest absolute Gasteiger partial charge is 0.333 e. The van der Waals surface area contributed by atoms with Gasteiger partial charge in [0.2, 0.25) is 5.78 Å². The quantitative estimate of drug-likeness (QED) is 0.292. The molecule has 204 valence electrons. The van der Waals surface area contributed by atoms with Crippen LogP contribution in [-0.4, -0.2) is 67.0 Å². The van der Waals surface area contributed by atoms with Crippen molar-refractivity contribution < 1.29 is 22.5 Å². The first kappa shape index (κ1) is 28.6. The zero-order valence-corrected chi connectivity index (χ0v) is 23.4. The normalized spacial score (nSPS) is 19.7. The number of aliphatic hydroxyl groups excluding tert-OH is 1. The highest BCUT2D eigenvalue weighted by Gasteiger charge is 2.35. The number of carbonyl (C=O) groups excluding carboxylic acids is 1. The topological polar surface area (TPSA) is 148 Å². The van der Waals surface area contributed by atoms with Gasteiger partial charge in [0.1, 0.15) is 12.1 Å². The van der Waals surface area contributed by atoms with E-state index in [1.54, 1.807) is 0 Å². The van der Waals surface area contributed by atoms with Gasteiger partial charge in [-0.1, -0.05) is 23.7 Å². The van der Waals surface area contributed by atoms with E-state index < -0.39 is 22.3 Å². The fraction of sp³-hybridized carbons (Fsp3) is 0.400. The van der Waals surface area contributed by atoms with E-state index in [4.69, 9.17) is 16.7 Å². The lowest BCUT2D eigenvalue weighted by atomic mass is 10.0. The van der Waals surface area contributed by atoms with Gasteiger partial charge in [-0.2, -0.15) is 8.42 Å². The molecule has 10 nitrogen and oxygen atoms in total. The third-order valence-corrected chi connectivity index (χ3v) is 8.13. The summed E-state index contributed by atoms with van der Waals surface area (Å²) >= 11 is 7.62. The molecule has 0 spiro atoms. The van der Waals surface area contributed by atoms with Crippen molar-refractivity contribution >= 4 is 44.8 Å². The minimum atomic E-state index is -4.10. The molecule has 1 aliphatic rings. The SMILES string of the molecule is CN(C)Cc1sc(C(=O)c2cncnc2N[C@@H]2C[C@H](COS(N)(=O)=O)[C@@H](O)C2)cc1Cc1cccc(Cl)c1. The Kier molecular flexibility index (Phi) is 9.14. The van der Waals surface area contributed by atoms with Crippen LogP contribution in [0.15, 0.2) is 42.9 Å². The number of aliphatic hydroxyl groups is 1. The molecule has 1 saturated carbocycles. The summed E-state index contributed by atoms with van der Waals surface area (Å²) in [7, 11) is -0.135. The second kappa shape index (κ2) is 12.2. The van der Waals surface area contributed by atoms with Crippen LogP contribution in [0.4, 0.5) is 5.82 Å². The third-order valence-electron chi connectivity index (χ3n) is 6.27. The number of nitrogens with zero attached hydrogens (tertiary/aromatic N) is 3. The van der Waals surface area contributed by atoms with Crippen molar-refractivity contribution in [3.05, 3.63) is 74.3 Å². The molecule has 0 bridgehead atoms. The average Bonchev–Trinajstić information content (AvgIpc) is 3.39. The molecule has 3 atom stereocenters. The lowest BCUT2D eigenvalue weighted by molar-refractivity contribution is 0.101. The van der Waals surface area contributed by atoms with Crippen LogP contribution in [0.5, 0.6) is 0 Å². The number of hydrogen-bond acceptors (Lipinski definition) is 10. The van der Waals surface area contributed by atoms with Crippen LogP contribution in [0.25, 0.3) is 0 Å². The van der Waals surface area contributed by atoms with Gasteiger partial charge in [-0.05, 0) is 62.7 Å². The van der Waals surface area contributed by atoms with Gasteiger partial charge in [-0.15, -0.1) is 11.3 Å². The Morgan fingerprint density at radius 2 is 2.11 bits per heavy atom. The summed E-state index contributed by atoms with van der Waals surface area (Å²) in [5, 5.41) is 19.2. The molecule has 1 aromatic carbocycles. The first-order chi connectivity index (χ1) is 18.0. The van der Waals surface area contributed by atoms with Gasteiger partial charge < -0.3 is 15.3 Å². The monoisotopic (exact) mass is 579 g/mol. The minimum absolute atomic E-state index is 0.205. The molecule has 4 rings (SSSR count). The van der Waals surface area contributed by atoms with Crippen LogP contribution in [0, 0.1) is 5.92 Å². The number of nitrogens with one attached hydrogen (secondary N) is 1. The Hall–Kier alpha value is -2.45. The van der Waals surface area contributed by atoms with Crippen LogP contribution >= 0.6 is 22.9 Å². The predicted octanol–water partition coefficient (Wildman–Crippen LogP) is 2.85. The van der Waals surface area contributed by atoms with E-state index in [1.807, 2.05) is 44.4 Å². The molecule has 3 aromatic rings. The van der Waals surface area contributed by atoms with Crippen molar-refractivity contribution in [2.45, 2.75) is 38.0 Å². The van der Waals surface area contributed by atoms with Crippen LogP contribution in [0.1, 0.15) is 44.1 Å². The molecule has 0 aliphatic heterocycles. The van der Waals surface area contributed by atoms with E-state index in [9.17, 15) is 18.3 Å². The zero-order chi connectivity index (χ0) is 27.4. The van der Waals surface area contributed by atoms with Gasteiger partial charge >= 0.3 is 10.3 Å². The lowest BCUT2D eigenvalue weighted by Crippen LogP contribution is -2.24. The van der Waals surface area contributed by atoms with E-state index >= 15 is 0 Å². The summed E-state index contributed by atoms with van der Waals surface area (Å²) in [4.78, 5) is 25.7. The fourth-order valence-corrected chi connectivity index (χ4v) is 6.37. The Labute approximate surface area is 231 Å². The summed E-state index contributed by atoms with van der Waals surface area (Å²) < 4.78 is 26.9. The van der Waals surface area contributed by atoms with E-state index in [-0.39, 0.29) is 18.4 Å². The summed E-state index contributed by atoms with van der Waals surface area (Å²) in [5.41, 5.74) is 2.43. The standard InChI is InChI=1S/C25H30ClN5O5S2/c1-31(2)12-23-16(6-15-4-3-5-18(26)7-15)9-22(37-23)24(33)20-11-28-14-29-25(20)30-19-8-17(21(32)10-19)13-36-38(27,34)35/h3-5,7,9,11,14,17,19,21,32H,6,8,10,12-13H2,1-2H3,(H2,27,34,35)(H,28,29,30)/t17-,19-,21+/m1/s1. The average molecular weight is 580 g/mol. The maximum atomic E-state index is 13.6. The summed E-state index contributed by atoms with van der Waals surface area (Å²) in [6.07, 6.45) is 3.45. The van der Waals surface area contributed by atoms with E-state index in [0.717, 1.165) is 16.0 Å². The number of halogens is 1. The second-order valence-electron chi connectivity index (χ2n) is 9.64. The van der Waals surface area contributed by atoms with Gasteiger partial charge in [-0.25, -0.2) is 15.1 Å². The molecule has 1 aliphatic carbocycles. The molecule has 1 fully saturated rings. The Morgan fingerprint density at radius 3 is 2.82 bits per heavy atom. The van der Waals surface area contributed by atoms with Crippen LogP contribution in [-0.2, 0) is 27.5 Å². The highest BCUT2D eigenvalue weighted by molar-refractivity contribution is 7.84. The van der Waals surface area contributed by atoms with Crippen molar-refractivity contribution in [3.8, 4) is 0 Å². The molecule has 4 N–H and O–H groups in total. The highest BCUT2D eigenvalue weighted by atomic mass is 35.5. The molecule has 2 aromatic heterocycles. The van der Waals surface area contributed by atoms with Gasteiger partial charge in [0, 0.05) is 34.6 Å². The van der Waals surface area contributed by atoms with Gasteiger partial charge in [-0.3, -0.25) is 8.98 Å². The number of nitrogens with two attached hydrogens (primary N) is 1. The second-order valence-corrected chi connectivity index (χ2v) is 12.4. The van der Waals surface area contributed by atoms with Crippen molar-refractivity contribution in [3.63, 3.8) is 0 Å². The lowest BCUT2D eigenvalue weighted by Gasteiger charge is -2.15. The van der Waals surface area contributed by atoms with Crippen molar-refractivity contribution in [1.82, 2.24) is 14.9 Å². The number of ketones is 1. The first-order valence-electron chi connectivity index (χ1n) is 12.0. The number of aromatic nitrogens is 2. The summed E-state index contributed by atoms with van der Waals surface area (Å²) in [6, 6.07) is 9.35. The molecule has 0 unspecified atom stereocenters. The molecule has 0 amide bonds. The predicted molar refractivity (Wildman–Crippen MR) is 147 cm³/mol. The highest BCUT2D eigenvalue weighted by Crippen LogP contribution is 2.32. The maximum absolute atomic E-state index is 13.6. The molecule has 13 heteroatoms. The number of carbonyl (C=O) groups is 1. The number of rotatable bonds is 11. The fourth-order valence-electron chi connectivity index (χ4n) is 4.53. The van der Waals surface area contributed by atoms with Crippen molar-refractivity contribution in [2.24, 2.45) is 11.1 Å². The first-order valence-corrected chi connectivity index (χ1v) is 14.6. The van der Waals surface area contributed by atoms with Crippen LogP contribution in [0.2, 0.25) is 5.02 Å². The van der Waals surface area contributed by atoms with Crippen LogP contribution < -0.4 is 10.5 Å². The number of thiophene rings is 1. The molecule has 0 radical (unpaired) electrons. The summed E-state index contributed by atoms with van der Waals surface area (Å²) in [5.74, 6) is -0.274. The molecular formula is C25H30ClN5O5S2. The molecule has 0 saturated heterocycles. The largest absolute Gasteiger partial charge is 0.393 e. The van der Waals surface area contributed by atoms with Gasteiger partial charge in [0.15, 0.2) is 0 Å². The Balaban J connectivity index is 1.54. The van der Waals surface area contributed by atoms with Gasteiger partial charge in [0.25, 0.3) is 0 Å². The van der Waals surface area contributed by atoms with Crippen molar-refractivity contribution in [2.75, 3.05) is 26.0 Å². The molecular weight excluding hydrogens is 550 g/mol. The van der Waals surface area contributed by atoms with E-state index in [1.165, 1.54) is 23.9 Å². The number of benzene rings is 1. The Morgan fingerprint density at radius 1 is 1.32 bits per heavy atom. The van der Waals surface area contributed by atoms with Crippen molar-refractivity contribution in [1.29, 1.82) is 0 Å². The third kappa shape index (κ3) is 7.56. The molecule has 2 heterocycles. The minimum Gasteiger partial charge on any atom is -0.393 e. The number of hydrogen-bond donors (Lipinski definition) is 3. The van der Waals surface area contributed by atoms with Gasteiger partial charge in [0.05, 0.1) is 23.2 Å². The molecule has 38 heavy (non-hydrogen) atoms. The Bertz CT molecular complexity index is 1400. The zero-order valence-electron chi connectivity index (χ0n) is 21.0. The maximum Gasteiger partial charge on any atom is 0.333 e.